The molecule has 0 aromatic carbocycles. The summed E-state index contributed by atoms with van der Waals surface area (Å²) in [6, 6.07) is 0. The number of Topliss-reactive ketones (excluding diaryl/α,β-unsaturated/α-hetero) is 2. The summed E-state index contributed by atoms with van der Waals surface area (Å²) in [6.07, 6.45) is 0. The predicted molar refractivity (Wildman–Crippen MR) is 60.2 cm³/mol. The molecule has 0 aliphatic heterocycles. The molecule has 0 fully saturated rings. The number of hydrogen-bond acceptors (Lipinski definition) is 4. The summed E-state index contributed by atoms with van der Waals surface area (Å²) in [4.78, 5) is 27.6. The average Bonchev–Trinajstić information content (AvgIpc) is 2.28. The molecule has 0 N–H and O–H groups in total. The number of rotatable bonds is 2. The van der Waals surface area contributed by atoms with Gasteiger partial charge in [0.1, 0.15) is 5.70 Å². The van der Waals surface area contributed by atoms with Gasteiger partial charge in [-0.2, -0.15) is 0 Å². The normalized spacial score (nSPS) is 15.9. The van der Waals surface area contributed by atoms with Crippen LogP contribution in [0.1, 0.15) is 0 Å². The molecule has 8 nitrogen and oxygen atoms in total. The Hall–Kier alpha value is -1.60. The predicted octanol–water partition coefficient (Wildman–Crippen LogP) is 2.97. The van der Waals surface area contributed by atoms with E-state index in [0.717, 1.165) is 0 Å². The molecule has 0 saturated heterocycles. The molecule has 0 bridgehead atoms. The maximum absolute atomic E-state index is 11.4. The van der Waals surface area contributed by atoms with E-state index in [9.17, 15) is 9.59 Å². The van der Waals surface area contributed by atoms with E-state index in [1.54, 1.807) is 0 Å². The van der Waals surface area contributed by atoms with Crippen LogP contribution in [0.3, 0.4) is 0 Å². The summed E-state index contributed by atoms with van der Waals surface area (Å²) in [7, 11) is 0. The molecule has 0 heterocycles. The summed E-state index contributed by atoms with van der Waals surface area (Å²) in [5.74, 6) is -1.92. The molecule has 1 aliphatic carbocycles. The maximum Gasteiger partial charge on any atom is 0.240 e. The van der Waals surface area contributed by atoms with Crippen molar-refractivity contribution in [1.29, 1.82) is 0 Å². The summed E-state index contributed by atoms with van der Waals surface area (Å²) in [6.45, 7) is 0. The van der Waals surface area contributed by atoms with Crippen LogP contribution in [-0.4, -0.2) is 11.6 Å². The highest BCUT2D eigenvalue weighted by Gasteiger charge is 2.31. The Labute approximate surface area is 105 Å². The molecule has 16 heavy (non-hydrogen) atoms. The van der Waals surface area contributed by atoms with Gasteiger partial charge in [-0.15, -0.1) is 0 Å². The van der Waals surface area contributed by atoms with Gasteiger partial charge in [0, 0.05) is 14.3 Å². The van der Waals surface area contributed by atoms with Crippen molar-refractivity contribution in [3.8, 4) is 0 Å². The van der Waals surface area contributed by atoms with Gasteiger partial charge in [0.2, 0.25) is 11.6 Å². The lowest BCUT2D eigenvalue weighted by molar-refractivity contribution is -0.131. The van der Waals surface area contributed by atoms with Gasteiger partial charge in [0.05, 0.1) is 10.2 Å². The molecule has 0 aromatic rings. The van der Waals surface area contributed by atoms with Crippen LogP contribution in [0.5, 0.6) is 0 Å². The Kier molecular flexibility index (Phi) is 3.86. The van der Waals surface area contributed by atoms with Crippen LogP contribution in [0, 0.1) is 0 Å². The van der Waals surface area contributed by atoms with Gasteiger partial charge in [0.15, 0.2) is 0 Å². The number of carbonyl (C=O) groups excluding carboxylic acids is 2. The molecule has 0 unspecified atom stereocenters. The first-order chi connectivity index (χ1) is 7.54. The minimum absolute atomic E-state index is 0.0282. The molecule has 0 radical (unpaired) electrons. The van der Waals surface area contributed by atoms with E-state index in [1.165, 1.54) is 0 Å². The SMILES string of the molecule is [N-]=[N+]=NC1=C(Br)C(N=[N+]=[N-])=C(Br)C(=O)C1=O. The Balaban J connectivity index is 3.59. The monoisotopic (exact) mass is 346 g/mol. The Bertz CT molecular complexity index is 528. The van der Waals surface area contributed by atoms with Gasteiger partial charge in [-0.1, -0.05) is 10.2 Å². The lowest BCUT2D eigenvalue weighted by atomic mass is 10.1. The third kappa shape index (κ3) is 2.00. The largest absolute Gasteiger partial charge is 0.285 e. The second-order valence-electron chi connectivity index (χ2n) is 2.36. The van der Waals surface area contributed by atoms with Gasteiger partial charge < -0.3 is 0 Å². The highest BCUT2D eigenvalue weighted by atomic mass is 79.9. The van der Waals surface area contributed by atoms with E-state index in [1.807, 2.05) is 0 Å². The van der Waals surface area contributed by atoms with Crippen LogP contribution >= 0.6 is 31.9 Å². The van der Waals surface area contributed by atoms with Gasteiger partial charge in [-0.25, -0.2) is 0 Å². The van der Waals surface area contributed by atoms with Gasteiger partial charge in [-0.05, 0) is 42.9 Å². The molecule has 0 aromatic heterocycles. The number of azide groups is 2. The fourth-order valence-electron chi connectivity index (χ4n) is 0.889. The zero-order chi connectivity index (χ0) is 12.3. The number of ketones is 2. The van der Waals surface area contributed by atoms with E-state index in [4.69, 9.17) is 11.1 Å². The highest BCUT2D eigenvalue weighted by Crippen LogP contribution is 2.34. The molecular formula is C6Br2N6O2. The molecule has 0 atom stereocenters. The zero-order valence-corrected chi connectivity index (χ0v) is 10.4. The summed E-state index contributed by atoms with van der Waals surface area (Å²) >= 11 is 5.75. The van der Waals surface area contributed by atoms with Crippen molar-refractivity contribution in [2.45, 2.75) is 0 Å². The standard InChI is InChI=1S/C6Br2N6O2/c7-1-3(11-13-9)2(8)5(15)6(16)4(1)12-14-10. The summed E-state index contributed by atoms with van der Waals surface area (Å²) in [5, 5.41) is 6.28. The maximum atomic E-state index is 11.4. The number of nitrogens with zero attached hydrogens (tertiary/aromatic N) is 6. The Morgan fingerprint density at radius 1 is 0.875 bits per heavy atom. The lowest BCUT2D eigenvalue weighted by Gasteiger charge is -2.12. The third-order valence-corrected chi connectivity index (χ3v) is 3.02. The first-order valence-corrected chi connectivity index (χ1v) is 5.12. The van der Waals surface area contributed by atoms with Gasteiger partial charge in [0.25, 0.3) is 0 Å². The van der Waals surface area contributed by atoms with Crippen molar-refractivity contribution in [2.24, 2.45) is 10.2 Å². The summed E-state index contributed by atoms with van der Waals surface area (Å²) < 4.78 is -0.210. The summed E-state index contributed by atoms with van der Waals surface area (Å²) in [5.41, 5.74) is 16.0. The first-order valence-electron chi connectivity index (χ1n) is 3.53. The molecule has 0 amide bonds. The van der Waals surface area contributed by atoms with Crippen molar-refractivity contribution >= 4 is 43.4 Å². The second-order valence-corrected chi connectivity index (χ2v) is 3.95. The van der Waals surface area contributed by atoms with Crippen LogP contribution in [0.4, 0.5) is 0 Å². The second kappa shape index (κ2) is 4.95. The quantitative estimate of drug-likeness (QED) is 0.250. The molecule has 1 rings (SSSR count). The lowest BCUT2D eigenvalue weighted by Crippen LogP contribution is -2.21. The van der Waals surface area contributed by atoms with Crippen LogP contribution in [-0.2, 0) is 9.59 Å². The molecule has 0 saturated carbocycles. The topological polar surface area (TPSA) is 132 Å². The van der Waals surface area contributed by atoms with E-state index < -0.39 is 17.3 Å². The molecule has 10 heteroatoms. The molecule has 80 valence electrons. The van der Waals surface area contributed by atoms with E-state index in [-0.39, 0.29) is 14.7 Å². The van der Waals surface area contributed by atoms with E-state index in [0.29, 0.717) is 0 Å². The Morgan fingerprint density at radius 2 is 1.38 bits per heavy atom. The van der Waals surface area contributed by atoms with E-state index >= 15 is 0 Å². The van der Waals surface area contributed by atoms with Gasteiger partial charge in [-0.3, -0.25) is 9.59 Å². The van der Waals surface area contributed by atoms with Crippen molar-refractivity contribution in [1.82, 2.24) is 0 Å². The Morgan fingerprint density at radius 3 is 1.88 bits per heavy atom. The number of carbonyl (C=O) groups is 2. The number of allylic oxidation sites excluding steroid dienone is 3. The minimum atomic E-state index is -0.978. The van der Waals surface area contributed by atoms with Crippen LogP contribution in [0.15, 0.2) is 30.6 Å². The fraction of sp³-hybridized carbons (Fsp3) is 0. The van der Waals surface area contributed by atoms with E-state index in [2.05, 4.69) is 51.9 Å². The van der Waals surface area contributed by atoms with Crippen LogP contribution in [0.25, 0.3) is 20.9 Å². The van der Waals surface area contributed by atoms with Crippen molar-refractivity contribution in [3.63, 3.8) is 0 Å². The van der Waals surface area contributed by atoms with Crippen molar-refractivity contribution in [2.75, 3.05) is 0 Å². The van der Waals surface area contributed by atoms with Crippen molar-refractivity contribution in [3.05, 3.63) is 41.2 Å². The molecule has 1 aliphatic rings. The first kappa shape index (κ1) is 12.5. The molecule has 0 spiro atoms. The third-order valence-electron chi connectivity index (χ3n) is 1.53. The van der Waals surface area contributed by atoms with Crippen LogP contribution in [0.2, 0.25) is 0 Å². The minimum Gasteiger partial charge on any atom is -0.285 e. The number of hydrogen-bond donors (Lipinski definition) is 0. The van der Waals surface area contributed by atoms with Crippen LogP contribution < -0.4 is 0 Å². The van der Waals surface area contributed by atoms with Crippen molar-refractivity contribution < 1.29 is 9.59 Å². The zero-order valence-electron chi connectivity index (χ0n) is 7.26. The molecular weight excluding hydrogens is 348 g/mol. The van der Waals surface area contributed by atoms with Gasteiger partial charge >= 0.3 is 0 Å². The highest BCUT2D eigenvalue weighted by molar-refractivity contribution is 9.12. The smallest absolute Gasteiger partial charge is 0.240 e. The number of halogens is 2. The fourth-order valence-corrected chi connectivity index (χ4v) is 2.15. The average molecular weight is 348 g/mol.